The summed E-state index contributed by atoms with van der Waals surface area (Å²) in [5.74, 6) is -0.574. The quantitative estimate of drug-likeness (QED) is 0.193. The van der Waals surface area contributed by atoms with Crippen LogP contribution in [0.5, 0.6) is 0 Å². The molecule has 61 heavy (non-hydrogen) atoms. The Morgan fingerprint density at radius 1 is 1.08 bits per heavy atom. The number of amides is 2. The van der Waals surface area contributed by atoms with Crippen molar-refractivity contribution in [1.29, 1.82) is 0 Å². The van der Waals surface area contributed by atoms with E-state index in [4.69, 9.17) is 19.4 Å². The molecule has 0 saturated carbocycles. The van der Waals surface area contributed by atoms with Crippen LogP contribution in [0.15, 0.2) is 35.8 Å². The number of piperidine rings is 1. The fourth-order valence-electron chi connectivity index (χ4n) is 9.64. The highest BCUT2D eigenvalue weighted by Crippen LogP contribution is 2.43. The third kappa shape index (κ3) is 9.32. The van der Waals surface area contributed by atoms with Gasteiger partial charge in [0, 0.05) is 78.0 Å². The monoisotopic (exact) mass is 852 g/mol. The Kier molecular flexibility index (Phi) is 12.2. The van der Waals surface area contributed by atoms with Crippen molar-refractivity contribution in [1.82, 2.24) is 35.2 Å². The summed E-state index contributed by atoms with van der Waals surface area (Å²) in [5.41, 5.74) is 10.6. The summed E-state index contributed by atoms with van der Waals surface area (Å²) < 4.78 is 14.2. The molecule has 8 rings (SSSR count). The number of rotatable bonds is 5. The van der Waals surface area contributed by atoms with Crippen molar-refractivity contribution in [2.24, 2.45) is 5.41 Å². The number of hydrazine groups is 1. The molecule has 0 radical (unpaired) electrons. The van der Waals surface area contributed by atoms with Crippen LogP contribution in [0, 0.1) is 5.41 Å². The van der Waals surface area contributed by atoms with Crippen LogP contribution < -0.4 is 15.6 Å². The Hall–Kier alpha value is -4.53. The molecule has 4 aliphatic heterocycles. The van der Waals surface area contributed by atoms with E-state index >= 15 is 0 Å². The first kappa shape index (κ1) is 43.1. The SMILES string of the molecule is CCn1c(-c2cc(N3CCN4CCCC[C@@H]4C3)cnc2C(C)C)c2c3cc(ccc31)-c1csc(n1)C[C@H](NC(=O)OC(C)(C)C)C(=O)N1CCC[C@H](N1)C(=O)OCC(C)(C)C2. The molecule has 3 atom stereocenters. The molecule has 0 unspecified atom stereocenters. The molecule has 328 valence electrons. The van der Waals surface area contributed by atoms with Gasteiger partial charge in [0.1, 0.15) is 17.7 Å². The lowest BCUT2D eigenvalue weighted by Gasteiger charge is -2.45. The smallest absolute Gasteiger partial charge is 0.408 e. The number of cyclic esters (lactones) is 1. The Morgan fingerprint density at radius 2 is 1.90 bits per heavy atom. The van der Waals surface area contributed by atoms with E-state index in [1.165, 1.54) is 53.4 Å². The van der Waals surface area contributed by atoms with E-state index in [1.54, 1.807) is 20.8 Å². The van der Waals surface area contributed by atoms with E-state index in [0.29, 0.717) is 36.9 Å². The Bertz CT molecular complexity index is 2280. The number of carbonyl (C=O) groups is 3. The fourth-order valence-corrected chi connectivity index (χ4v) is 10.5. The van der Waals surface area contributed by atoms with Gasteiger partial charge in [-0.2, -0.15) is 0 Å². The molecule has 14 heteroatoms. The van der Waals surface area contributed by atoms with E-state index < -0.39 is 35.2 Å². The van der Waals surface area contributed by atoms with Crippen molar-refractivity contribution in [3.05, 3.63) is 52.1 Å². The second kappa shape index (κ2) is 17.3. The number of ether oxygens (including phenoxy) is 2. The number of esters is 1. The average molecular weight is 853 g/mol. The number of pyridine rings is 1. The second-order valence-electron chi connectivity index (χ2n) is 19.5. The molecule has 0 aliphatic carbocycles. The van der Waals surface area contributed by atoms with Crippen LogP contribution in [0.4, 0.5) is 10.5 Å². The van der Waals surface area contributed by atoms with Gasteiger partial charge in [-0.15, -0.1) is 11.3 Å². The number of nitrogens with one attached hydrogen (secondary N) is 2. The minimum atomic E-state index is -0.977. The van der Waals surface area contributed by atoms with Crippen LogP contribution in [-0.4, -0.2) is 105 Å². The molecule has 6 bridgehead atoms. The van der Waals surface area contributed by atoms with Crippen LogP contribution in [0.1, 0.15) is 110 Å². The van der Waals surface area contributed by atoms with Crippen molar-refractivity contribution in [3.8, 4) is 22.5 Å². The van der Waals surface area contributed by atoms with Crippen molar-refractivity contribution < 1.29 is 23.9 Å². The second-order valence-corrected chi connectivity index (χ2v) is 20.5. The van der Waals surface area contributed by atoms with Gasteiger partial charge >= 0.3 is 12.1 Å². The largest absolute Gasteiger partial charge is 0.464 e. The Morgan fingerprint density at radius 3 is 2.67 bits per heavy atom. The first-order valence-corrected chi connectivity index (χ1v) is 23.3. The molecule has 2 N–H and O–H groups in total. The molecule has 4 aromatic rings. The van der Waals surface area contributed by atoms with Crippen LogP contribution in [-0.2, 0) is 38.4 Å². The topological polar surface area (TPSA) is 134 Å². The highest BCUT2D eigenvalue weighted by Gasteiger charge is 2.37. The number of benzene rings is 1. The summed E-state index contributed by atoms with van der Waals surface area (Å²) >= 11 is 1.46. The van der Waals surface area contributed by atoms with E-state index in [0.717, 1.165) is 65.3 Å². The number of fused-ring (bicyclic) bond motifs is 7. The van der Waals surface area contributed by atoms with Gasteiger partial charge in [-0.05, 0) is 96.0 Å². The van der Waals surface area contributed by atoms with Crippen molar-refractivity contribution in [3.63, 3.8) is 0 Å². The summed E-state index contributed by atoms with van der Waals surface area (Å²) in [6, 6.07) is 7.88. The number of carbonyl (C=O) groups excluding carboxylic acids is 3. The van der Waals surface area contributed by atoms with Crippen LogP contribution >= 0.6 is 11.3 Å². The zero-order valence-electron chi connectivity index (χ0n) is 37.3. The number of alkyl carbamates (subject to hydrolysis) is 1. The lowest BCUT2D eigenvalue weighted by molar-refractivity contribution is -0.155. The molecule has 7 heterocycles. The molecule has 2 amide bonds. The average Bonchev–Trinajstić information content (AvgIpc) is 3.82. The van der Waals surface area contributed by atoms with Gasteiger partial charge in [-0.1, -0.05) is 40.2 Å². The molecular formula is C47H64N8O5S. The maximum Gasteiger partial charge on any atom is 0.408 e. The Balaban J connectivity index is 1.24. The predicted octanol–water partition coefficient (Wildman–Crippen LogP) is 7.70. The molecule has 13 nitrogen and oxygen atoms in total. The molecule has 3 fully saturated rings. The fraction of sp³-hybridized carbons (Fsp3) is 0.596. The van der Waals surface area contributed by atoms with Crippen LogP contribution in [0.2, 0.25) is 0 Å². The minimum Gasteiger partial charge on any atom is -0.464 e. The number of hydrogen-bond acceptors (Lipinski definition) is 11. The van der Waals surface area contributed by atoms with Gasteiger partial charge in [0.2, 0.25) is 0 Å². The van der Waals surface area contributed by atoms with Gasteiger partial charge < -0.3 is 24.3 Å². The first-order valence-electron chi connectivity index (χ1n) is 22.4. The van der Waals surface area contributed by atoms with E-state index in [2.05, 4.69) is 90.2 Å². The highest BCUT2D eigenvalue weighted by atomic mass is 32.1. The summed E-state index contributed by atoms with van der Waals surface area (Å²) in [6.07, 6.45) is 7.16. The maximum atomic E-state index is 14.1. The molecule has 3 aromatic heterocycles. The Labute approximate surface area is 364 Å². The maximum absolute atomic E-state index is 14.1. The third-order valence-electron chi connectivity index (χ3n) is 12.6. The summed E-state index contributed by atoms with van der Waals surface area (Å²) in [4.78, 5) is 56.6. The van der Waals surface area contributed by atoms with Gasteiger partial charge in [0.25, 0.3) is 5.91 Å². The number of hydrogen-bond donors (Lipinski definition) is 2. The van der Waals surface area contributed by atoms with E-state index in [1.807, 2.05) is 5.38 Å². The lowest BCUT2D eigenvalue weighted by Crippen LogP contribution is -2.60. The van der Waals surface area contributed by atoms with Crippen LogP contribution in [0.3, 0.4) is 0 Å². The normalized spacial score (nSPS) is 22.8. The number of nitrogens with zero attached hydrogens (tertiary/aromatic N) is 6. The van der Waals surface area contributed by atoms with Crippen molar-refractivity contribution in [2.45, 2.75) is 137 Å². The number of piperazine rings is 1. The van der Waals surface area contributed by atoms with Gasteiger partial charge in [0.05, 0.1) is 40.6 Å². The number of anilines is 1. The van der Waals surface area contributed by atoms with Gasteiger partial charge in [-0.3, -0.25) is 24.5 Å². The number of aromatic nitrogens is 3. The van der Waals surface area contributed by atoms with Crippen molar-refractivity contribution >= 4 is 45.9 Å². The zero-order chi connectivity index (χ0) is 43.2. The van der Waals surface area contributed by atoms with Gasteiger partial charge in [-0.25, -0.2) is 15.2 Å². The zero-order valence-corrected chi connectivity index (χ0v) is 38.1. The minimum absolute atomic E-state index is 0.158. The van der Waals surface area contributed by atoms with Crippen molar-refractivity contribution in [2.75, 3.05) is 44.2 Å². The molecule has 0 spiro atoms. The number of thiazole rings is 1. The van der Waals surface area contributed by atoms with Crippen LogP contribution in [0.25, 0.3) is 33.4 Å². The lowest BCUT2D eigenvalue weighted by atomic mass is 9.84. The summed E-state index contributed by atoms with van der Waals surface area (Å²) in [5, 5.41) is 8.12. The standard InChI is InChI=1S/C47H64N8O5S/c1-9-54-39-16-15-30-21-33(39)35(42(54)34-22-32(25-48-41(34)29(2)3)53-20-19-52-17-11-10-13-31(52)26-53)24-47(7,8)28-59-44(57)36-14-12-18-55(51-36)43(56)37(23-40-49-38(30)27-61-40)50-45(58)60-46(4,5)6/h15-16,21-22,25,27,29,31,36-37,51H,9-14,17-20,23-24,26,28H2,1-8H3,(H,50,58)/t31-,36+,37+/m1/s1. The van der Waals surface area contributed by atoms with E-state index in [9.17, 15) is 14.4 Å². The van der Waals surface area contributed by atoms with E-state index in [-0.39, 0.29) is 24.9 Å². The predicted molar refractivity (Wildman–Crippen MR) is 241 cm³/mol. The summed E-state index contributed by atoms with van der Waals surface area (Å²) in [7, 11) is 0. The first-order chi connectivity index (χ1) is 29.1. The van der Waals surface area contributed by atoms with Gasteiger partial charge in [0.15, 0.2) is 0 Å². The summed E-state index contributed by atoms with van der Waals surface area (Å²) in [6.45, 7) is 21.9. The molecule has 3 saturated heterocycles. The third-order valence-corrected chi connectivity index (χ3v) is 13.5. The molecular weight excluding hydrogens is 789 g/mol. The molecule has 1 aromatic carbocycles. The molecule has 4 aliphatic rings. The number of aryl methyl sites for hydroxylation is 1. The highest BCUT2D eigenvalue weighted by molar-refractivity contribution is 7.10.